The van der Waals surface area contributed by atoms with Gasteiger partial charge in [0.05, 0.1) is 6.26 Å². The third-order valence-corrected chi connectivity index (χ3v) is 3.83. The second kappa shape index (κ2) is 11.5. The van der Waals surface area contributed by atoms with Gasteiger partial charge in [-0.15, -0.1) is 0 Å². The van der Waals surface area contributed by atoms with Crippen molar-refractivity contribution in [3.05, 3.63) is 24.2 Å². The number of amides is 1. The molecular weight excluding hydrogens is 320 g/mol. The number of ether oxygens (including phenoxy) is 1. The molecule has 0 spiro atoms. The maximum absolute atomic E-state index is 11.6. The minimum atomic E-state index is 0.169. The fraction of sp³-hybridized carbons (Fsp3) is 0.667. The molecule has 0 aliphatic heterocycles. The third kappa shape index (κ3) is 8.58. The number of aliphatic imine (C=N–C) groups is 1. The van der Waals surface area contributed by atoms with Crippen molar-refractivity contribution in [1.29, 1.82) is 0 Å². The topological polar surface area (TPSA) is 87.9 Å². The summed E-state index contributed by atoms with van der Waals surface area (Å²) in [6.45, 7) is 6.13. The van der Waals surface area contributed by atoms with Gasteiger partial charge in [-0.25, -0.2) is 0 Å². The lowest BCUT2D eigenvalue weighted by Gasteiger charge is -2.13. The van der Waals surface area contributed by atoms with Crippen LogP contribution < -0.4 is 16.0 Å². The number of carbonyl (C=O) groups is 1. The number of guanidine groups is 1. The van der Waals surface area contributed by atoms with Crippen LogP contribution in [0.15, 0.2) is 27.8 Å². The minimum absolute atomic E-state index is 0.169. The van der Waals surface area contributed by atoms with E-state index in [0.29, 0.717) is 19.6 Å². The molecule has 0 bridgehead atoms. The highest BCUT2D eigenvalue weighted by molar-refractivity contribution is 5.81. The van der Waals surface area contributed by atoms with E-state index >= 15 is 0 Å². The van der Waals surface area contributed by atoms with Gasteiger partial charge in [-0.1, -0.05) is 0 Å². The van der Waals surface area contributed by atoms with Gasteiger partial charge in [-0.3, -0.25) is 9.79 Å². The summed E-state index contributed by atoms with van der Waals surface area (Å²) in [4.78, 5) is 16.2. The number of rotatable bonds is 12. The molecule has 1 aromatic rings. The normalized spacial score (nSPS) is 14.4. The molecule has 140 valence electrons. The van der Waals surface area contributed by atoms with Gasteiger partial charge < -0.3 is 25.1 Å². The lowest BCUT2D eigenvalue weighted by atomic mass is 10.3. The quantitative estimate of drug-likeness (QED) is 0.301. The first-order valence-corrected chi connectivity index (χ1v) is 9.19. The third-order valence-electron chi connectivity index (χ3n) is 3.83. The van der Waals surface area contributed by atoms with Crippen LogP contribution in [0.2, 0.25) is 0 Å². The summed E-state index contributed by atoms with van der Waals surface area (Å²) < 4.78 is 10.7. The second-order valence-corrected chi connectivity index (χ2v) is 6.03. The summed E-state index contributed by atoms with van der Waals surface area (Å²) in [5, 5.41) is 9.50. The first-order chi connectivity index (χ1) is 12.3. The number of carbonyl (C=O) groups excluding carboxylic acids is 1. The molecule has 2 rings (SSSR count). The van der Waals surface area contributed by atoms with Crippen LogP contribution in [0, 0.1) is 5.92 Å². The molecule has 0 unspecified atom stereocenters. The first kappa shape index (κ1) is 19.3. The van der Waals surface area contributed by atoms with Crippen LogP contribution in [0.1, 0.15) is 31.9 Å². The van der Waals surface area contributed by atoms with Crippen LogP contribution in [0.5, 0.6) is 0 Å². The molecule has 1 heterocycles. The Balaban J connectivity index is 1.65. The Kier molecular flexibility index (Phi) is 8.90. The first-order valence-electron chi connectivity index (χ1n) is 9.19. The maximum atomic E-state index is 11.6. The average molecular weight is 350 g/mol. The molecule has 0 radical (unpaired) electrons. The number of nitrogens with one attached hydrogen (secondary N) is 3. The SMILES string of the molecule is CCOCCCN=C(NCCNC(=O)C1CC1)NCCc1ccco1. The molecule has 7 nitrogen and oxygen atoms in total. The molecule has 1 saturated carbocycles. The van der Waals surface area contributed by atoms with Crippen molar-refractivity contribution in [1.82, 2.24) is 16.0 Å². The number of nitrogens with zero attached hydrogens (tertiary/aromatic N) is 1. The van der Waals surface area contributed by atoms with Crippen LogP contribution in [-0.2, 0) is 16.0 Å². The van der Waals surface area contributed by atoms with E-state index < -0.39 is 0 Å². The van der Waals surface area contributed by atoms with Crippen molar-refractivity contribution >= 4 is 11.9 Å². The van der Waals surface area contributed by atoms with E-state index in [1.54, 1.807) is 6.26 Å². The van der Waals surface area contributed by atoms with Crippen LogP contribution >= 0.6 is 0 Å². The molecular formula is C18H30N4O3. The zero-order chi connectivity index (χ0) is 17.7. The van der Waals surface area contributed by atoms with Gasteiger partial charge in [0.25, 0.3) is 0 Å². The Morgan fingerprint density at radius 1 is 1.28 bits per heavy atom. The van der Waals surface area contributed by atoms with Gasteiger partial charge >= 0.3 is 0 Å². The lowest BCUT2D eigenvalue weighted by Crippen LogP contribution is -2.42. The molecule has 0 atom stereocenters. The van der Waals surface area contributed by atoms with E-state index in [0.717, 1.165) is 57.2 Å². The summed E-state index contributed by atoms with van der Waals surface area (Å²) >= 11 is 0. The molecule has 7 heteroatoms. The summed E-state index contributed by atoms with van der Waals surface area (Å²) in [6.07, 6.45) is 5.42. The summed E-state index contributed by atoms with van der Waals surface area (Å²) in [6, 6.07) is 3.85. The Bertz CT molecular complexity index is 512. The van der Waals surface area contributed by atoms with E-state index in [-0.39, 0.29) is 11.8 Å². The predicted molar refractivity (Wildman–Crippen MR) is 97.6 cm³/mol. The summed E-state index contributed by atoms with van der Waals surface area (Å²) in [5.41, 5.74) is 0. The molecule has 1 amide bonds. The molecule has 1 fully saturated rings. The van der Waals surface area contributed by atoms with Gasteiger partial charge in [0.15, 0.2) is 5.96 Å². The van der Waals surface area contributed by atoms with Crippen LogP contribution in [0.4, 0.5) is 0 Å². The number of hydrogen-bond donors (Lipinski definition) is 3. The largest absolute Gasteiger partial charge is 0.469 e. The molecule has 3 N–H and O–H groups in total. The van der Waals surface area contributed by atoms with Gasteiger partial charge in [-0.2, -0.15) is 0 Å². The van der Waals surface area contributed by atoms with E-state index in [1.165, 1.54) is 0 Å². The number of hydrogen-bond acceptors (Lipinski definition) is 4. The van der Waals surface area contributed by atoms with E-state index in [4.69, 9.17) is 9.15 Å². The van der Waals surface area contributed by atoms with Crippen LogP contribution in [0.3, 0.4) is 0 Å². The van der Waals surface area contributed by atoms with Gasteiger partial charge in [-0.05, 0) is 38.3 Å². The lowest BCUT2D eigenvalue weighted by molar-refractivity contribution is -0.122. The zero-order valence-corrected chi connectivity index (χ0v) is 15.1. The van der Waals surface area contributed by atoms with E-state index in [1.807, 2.05) is 19.1 Å². The highest BCUT2D eigenvalue weighted by atomic mass is 16.5. The molecule has 1 aliphatic carbocycles. The Morgan fingerprint density at radius 2 is 2.08 bits per heavy atom. The number of furan rings is 1. The summed E-state index contributed by atoms with van der Waals surface area (Å²) in [7, 11) is 0. The molecule has 1 aliphatic rings. The van der Waals surface area contributed by atoms with E-state index in [2.05, 4.69) is 20.9 Å². The van der Waals surface area contributed by atoms with Crippen LogP contribution in [-0.4, -0.2) is 51.3 Å². The molecule has 0 aromatic carbocycles. The monoisotopic (exact) mass is 350 g/mol. The molecule has 25 heavy (non-hydrogen) atoms. The van der Waals surface area contributed by atoms with Crippen molar-refractivity contribution in [2.75, 3.05) is 39.4 Å². The fourth-order valence-corrected chi connectivity index (χ4v) is 2.29. The maximum Gasteiger partial charge on any atom is 0.223 e. The van der Waals surface area contributed by atoms with Crippen molar-refractivity contribution < 1.29 is 13.9 Å². The zero-order valence-electron chi connectivity index (χ0n) is 15.1. The second-order valence-electron chi connectivity index (χ2n) is 6.03. The summed E-state index contributed by atoms with van der Waals surface area (Å²) in [5.74, 6) is 2.12. The van der Waals surface area contributed by atoms with Gasteiger partial charge in [0, 0.05) is 51.7 Å². The Labute approximate surface area is 149 Å². The smallest absolute Gasteiger partial charge is 0.223 e. The predicted octanol–water partition coefficient (Wildman–Crippen LogP) is 1.31. The highest BCUT2D eigenvalue weighted by Crippen LogP contribution is 2.28. The average Bonchev–Trinajstić information content (AvgIpc) is 3.35. The van der Waals surface area contributed by atoms with Crippen LogP contribution in [0.25, 0.3) is 0 Å². The Hall–Kier alpha value is -2.02. The standard InChI is InChI=1S/C18H30N4O3/c1-2-24-13-4-9-20-18(21-10-8-16-5-3-14-25-16)22-12-11-19-17(23)15-6-7-15/h3,5,14-15H,2,4,6-13H2,1H3,(H,19,23)(H2,20,21,22). The van der Waals surface area contributed by atoms with Gasteiger partial charge in [0.1, 0.15) is 5.76 Å². The van der Waals surface area contributed by atoms with Crippen molar-refractivity contribution in [2.45, 2.75) is 32.6 Å². The minimum Gasteiger partial charge on any atom is -0.469 e. The van der Waals surface area contributed by atoms with Crippen molar-refractivity contribution in [2.24, 2.45) is 10.9 Å². The van der Waals surface area contributed by atoms with Crippen molar-refractivity contribution in [3.8, 4) is 0 Å². The molecule has 0 saturated heterocycles. The molecule has 1 aromatic heterocycles. The van der Waals surface area contributed by atoms with Gasteiger partial charge in [0.2, 0.25) is 5.91 Å². The Morgan fingerprint density at radius 3 is 2.80 bits per heavy atom. The highest BCUT2D eigenvalue weighted by Gasteiger charge is 2.28. The van der Waals surface area contributed by atoms with Crippen molar-refractivity contribution in [3.63, 3.8) is 0 Å². The van der Waals surface area contributed by atoms with E-state index in [9.17, 15) is 4.79 Å². The fourth-order valence-electron chi connectivity index (χ4n) is 2.29.